The number of thiazole rings is 1. The van der Waals surface area contributed by atoms with Gasteiger partial charge in [0.05, 0.1) is 12.8 Å². The second-order valence-corrected chi connectivity index (χ2v) is 7.09. The van der Waals surface area contributed by atoms with Crippen molar-refractivity contribution in [1.82, 2.24) is 4.98 Å². The largest absolute Gasteiger partial charge is 0.497 e. The Kier molecular flexibility index (Phi) is 5.49. The summed E-state index contributed by atoms with van der Waals surface area (Å²) in [5, 5.41) is 3.43. The van der Waals surface area contributed by atoms with Gasteiger partial charge in [-0.15, -0.1) is 11.3 Å². The molecule has 0 bridgehead atoms. The van der Waals surface area contributed by atoms with E-state index in [-0.39, 0.29) is 5.91 Å². The minimum Gasteiger partial charge on any atom is -0.497 e. The molecule has 26 heavy (non-hydrogen) atoms. The Hall–Kier alpha value is -2.92. The Morgan fingerprint density at radius 2 is 1.77 bits per heavy atom. The van der Waals surface area contributed by atoms with Crippen molar-refractivity contribution in [2.45, 2.75) is 13.8 Å². The van der Waals surface area contributed by atoms with Crippen LogP contribution in [-0.4, -0.2) is 18.0 Å². The molecule has 5 heteroatoms. The zero-order chi connectivity index (χ0) is 18.5. The van der Waals surface area contributed by atoms with Gasteiger partial charge in [0.1, 0.15) is 5.75 Å². The summed E-state index contributed by atoms with van der Waals surface area (Å²) >= 11 is 1.47. The van der Waals surface area contributed by atoms with Crippen molar-refractivity contribution in [2.75, 3.05) is 12.4 Å². The molecular weight excluding hydrogens is 344 g/mol. The fraction of sp³-hybridized carbons (Fsp3) is 0.143. The predicted molar refractivity (Wildman–Crippen MR) is 108 cm³/mol. The fourth-order valence-corrected chi connectivity index (χ4v) is 3.30. The van der Waals surface area contributed by atoms with E-state index in [1.165, 1.54) is 23.0 Å². The van der Waals surface area contributed by atoms with Gasteiger partial charge in [0, 0.05) is 16.5 Å². The van der Waals surface area contributed by atoms with Crippen LogP contribution >= 0.6 is 11.3 Å². The molecule has 1 amide bonds. The maximum absolute atomic E-state index is 12.2. The highest BCUT2D eigenvalue weighted by Crippen LogP contribution is 2.30. The number of aromatic nitrogens is 1. The number of hydrogen-bond acceptors (Lipinski definition) is 4. The van der Waals surface area contributed by atoms with Crippen molar-refractivity contribution in [2.24, 2.45) is 0 Å². The van der Waals surface area contributed by atoms with E-state index >= 15 is 0 Å². The zero-order valence-corrected chi connectivity index (χ0v) is 15.8. The summed E-state index contributed by atoms with van der Waals surface area (Å²) in [4.78, 5) is 17.8. The van der Waals surface area contributed by atoms with E-state index in [0.717, 1.165) is 27.4 Å². The van der Waals surface area contributed by atoms with Gasteiger partial charge in [0.2, 0.25) is 5.91 Å². The number of anilines is 1. The number of nitrogens with zero attached hydrogens (tertiary/aromatic N) is 1. The lowest BCUT2D eigenvalue weighted by Gasteiger charge is -2.00. The van der Waals surface area contributed by atoms with Gasteiger partial charge < -0.3 is 4.74 Å². The number of carbonyl (C=O) groups excluding carboxylic acids is 1. The van der Waals surface area contributed by atoms with Gasteiger partial charge in [-0.3, -0.25) is 10.1 Å². The average molecular weight is 364 g/mol. The molecule has 3 rings (SSSR count). The Morgan fingerprint density at radius 3 is 2.42 bits per heavy atom. The van der Waals surface area contributed by atoms with Crippen LogP contribution in [0.2, 0.25) is 0 Å². The minimum absolute atomic E-state index is 0.204. The first-order valence-electron chi connectivity index (χ1n) is 8.23. The van der Waals surface area contributed by atoms with E-state index in [1.54, 1.807) is 13.2 Å². The van der Waals surface area contributed by atoms with Crippen LogP contribution in [0.4, 0.5) is 5.13 Å². The lowest BCUT2D eigenvalue weighted by molar-refractivity contribution is -0.111. The van der Waals surface area contributed by atoms with Gasteiger partial charge in [-0.1, -0.05) is 42.0 Å². The summed E-state index contributed by atoms with van der Waals surface area (Å²) in [7, 11) is 1.62. The van der Waals surface area contributed by atoms with Crippen molar-refractivity contribution in [3.05, 3.63) is 70.6 Å². The highest BCUT2D eigenvalue weighted by atomic mass is 32.1. The Balaban J connectivity index is 1.68. The van der Waals surface area contributed by atoms with Crippen molar-refractivity contribution in [1.29, 1.82) is 0 Å². The number of methoxy groups -OCH3 is 1. The molecule has 0 saturated heterocycles. The van der Waals surface area contributed by atoms with Gasteiger partial charge in [-0.2, -0.15) is 0 Å². The van der Waals surface area contributed by atoms with Gasteiger partial charge in [0.25, 0.3) is 0 Å². The van der Waals surface area contributed by atoms with Crippen LogP contribution in [0.25, 0.3) is 17.3 Å². The third-order valence-electron chi connectivity index (χ3n) is 3.89. The smallest absolute Gasteiger partial charge is 0.250 e. The second kappa shape index (κ2) is 7.97. The van der Waals surface area contributed by atoms with E-state index in [1.807, 2.05) is 43.3 Å². The molecule has 0 atom stereocenters. The van der Waals surface area contributed by atoms with Crippen LogP contribution in [0.3, 0.4) is 0 Å². The molecule has 0 unspecified atom stereocenters. The molecule has 1 N–H and O–H groups in total. The van der Waals surface area contributed by atoms with Gasteiger partial charge in [-0.05, 0) is 37.6 Å². The molecule has 0 aliphatic carbocycles. The molecule has 0 aliphatic heterocycles. The maximum Gasteiger partial charge on any atom is 0.250 e. The third kappa shape index (κ3) is 4.37. The molecule has 0 saturated carbocycles. The lowest BCUT2D eigenvalue weighted by Crippen LogP contribution is -2.07. The molecule has 1 heterocycles. The maximum atomic E-state index is 12.2. The lowest BCUT2D eigenvalue weighted by atomic mass is 10.1. The van der Waals surface area contributed by atoms with E-state index in [0.29, 0.717) is 5.13 Å². The van der Waals surface area contributed by atoms with Crippen LogP contribution in [0.5, 0.6) is 5.75 Å². The molecular formula is C21H20N2O2S. The monoisotopic (exact) mass is 364 g/mol. The number of hydrogen-bond donors (Lipinski definition) is 1. The molecule has 1 aromatic heterocycles. The summed E-state index contributed by atoms with van der Waals surface area (Å²) in [5.41, 5.74) is 4.10. The van der Waals surface area contributed by atoms with Gasteiger partial charge in [-0.25, -0.2) is 4.98 Å². The molecule has 0 radical (unpaired) electrons. The van der Waals surface area contributed by atoms with E-state index in [9.17, 15) is 4.79 Å². The normalized spacial score (nSPS) is 10.9. The van der Waals surface area contributed by atoms with Gasteiger partial charge in [0.15, 0.2) is 5.13 Å². The number of benzene rings is 2. The number of carbonyl (C=O) groups is 1. The van der Waals surface area contributed by atoms with Gasteiger partial charge >= 0.3 is 0 Å². The minimum atomic E-state index is -0.204. The Labute approximate surface area is 157 Å². The van der Waals surface area contributed by atoms with E-state index in [2.05, 4.69) is 29.4 Å². The van der Waals surface area contributed by atoms with Crippen LogP contribution in [-0.2, 0) is 4.79 Å². The van der Waals surface area contributed by atoms with Crippen molar-refractivity contribution >= 4 is 28.5 Å². The number of ether oxygens (including phenoxy) is 1. The average Bonchev–Trinajstić information content (AvgIpc) is 3.01. The fourth-order valence-electron chi connectivity index (χ4n) is 2.46. The Morgan fingerprint density at radius 1 is 1.08 bits per heavy atom. The number of rotatable bonds is 5. The third-order valence-corrected chi connectivity index (χ3v) is 4.78. The molecule has 2 aromatic carbocycles. The molecule has 132 valence electrons. The first-order chi connectivity index (χ1) is 12.5. The molecule has 4 nitrogen and oxygen atoms in total. The van der Waals surface area contributed by atoms with E-state index in [4.69, 9.17) is 4.74 Å². The number of nitrogens with one attached hydrogen (secondary N) is 1. The first-order valence-corrected chi connectivity index (χ1v) is 9.04. The van der Waals surface area contributed by atoms with Crippen molar-refractivity contribution in [3.63, 3.8) is 0 Å². The highest BCUT2D eigenvalue weighted by molar-refractivity contribution is 7.16. The van der Waals surface area contributed by atoms with E-state index < -0.39 is 0 Å². The van der Waals surface area contributed by atoms with Crippen LogP contribution < -0.4 is 10.1 Å². The predicted octanol–water partition coefficient (Wildman–Crippen LogP) is 5.09. The van der Waals surface area contributed by atoms with Crippen LogP contribution in [0, 0.1) is 13.8 Å². The van der Waals surface area contributed by atoms with Crippen LogP contribution in [0.1, 0.15) is 16.0 Å². The van der Waals surface area contributed by atoms with Crippen molar-refractivity contribution in [3.8, 4) is 17.0 Å². The number of amides is 1. The second-order valence-electron chi connectivity index (χ2n) is 5.89. The SMILES string of the molecule is COc1ccc(C=CC(=O)Nc2nc(-c3ccc(C)cc3)c(C)s2)cc1. The quantitative estimate of drug-likeness (QED) is 0.642. The topological polar surface area (TPSA) is 51.2 Å². The highest BCUT2D eigenvalue weighted by Gasteiger charge is 2.11. The molecule has 0 spiro atoms. The first kappa shape index (κ1) is 17.9. The summed E-state index contributed by atoms with van der Waals surface area (Å²) in [6.45, 7) is 4.06. The summed E-state index contributed by atoms with van der Waals surface area (Å²) < 4.78 is 5.12. The van der Waals surface area contributed by atoms with Crippen LogP contribution in [0.15, 0.2) is 54.6 Å². The summed E-state index contributed by atoms with van der Waals surface area (Å²) in [6.07, 6.45) is 3.26. The number of aryl methyl sites for hydroxylation is 2. The standard InChI is InChI=1S/C21H20N2O2S/c1-14-4-9-17(10-5-14)20-15(2)26-21(23-20)22-19(24)13-8-16-6-11-18(25-3)12-7-16/h4-13H,1-3H3,(H,22,23,24). The Bertz CT molecular complexity index is 926. The summed E-state index contributed by atoms with van der Waals surface area (Å²) in [5.74, 6) is 0.582. The molecule has 0 aliphatic rings. The van der Waals surface area contributed by atoms with Crippen molar-refractivity contribution < 1.29 is 9.53 Å². The molecule has 0 fully saturated rings. The summed E-state index contributed by atoms with van der Waals surface area (Å²) in [6, 6.07) is 15.7. The molecule has 3 aromatic rings. The zero-order valence-electron chi connectivity index (χ0n) is 14.9.